The smallest absolute Gasteiger partial charge is 0.191 e. The minimum atomic E-state index is -0.218. The molecule has 1 aromatic carbocycles. The number of hydrogen-bond acceptors (Lipinski definition) is 2. The van der Waals surface area contributed by atoms with Gasteiger partial charge in [-0.2, -0.15) is 0 Å². The van der Waals surface area contributed by atoms with Crippen molar-refractivity contribution in [3.63, 3.8) is 0 Å². The molecular formula is C15H19FIN3S. The molecule has 1 aromatic heterocycles. The predicted octanol–water partition coefficient (Wildman–Crippen LogP) is 3.68. The third kappa shape index (κ3) is 5.62. The molecule has 0 fully saturated rings. The fourth-order valence-corrected chi connectivity index (χ4v) is 2.60. The monoisotopic (exact) mass is 419 g/mol. The topological polar surface area (TPSA) is 36.4 Å². The number of rotatable bonds is 4. The Bertz CT molecular complexity index is 581. The molecule has 0 radical (unpaired) electrons. The van der Waals surface area contributed by atoms with E-state index in [2.05, 4.69) is 34.0 Å². The van der Waals surface area contributed by atoms with Gasteiger partial charge < -0.3 is 10.6 Å². The molecule has 0 aliphatic rings. The Morgan fingerprint density at radius 1 is 1.14 bits per heavy atom. The van der Waals surface area contributed by atoms with Gasteiger partial charge in [-0.25, -0.2) is 4.39 Å². The summed E-state index contributed by atoms with van der Waals surface area (Å²) in [6.07, 6.45) is 0. The van der Waals surface area contributed by atoms with E-state index in [0.29, 0.717) is 6.54 Å². The lowest BCUT2D eigenvalue weighted by atomic mass is 10.2. The van der Waals surface area contributed by atoms with Gasteiger partial charge >= 0.3 is 0 Å². The average Bonchev–Trinajstić information content (AvgIpc) is 2.86. The van der Waals surface area contributed by atoms with E-state index in [4.69, 9.17) is 0 Å². The third-order valence-electron chi connectivity index (χ3n) is 2.98. The van der Waals surface area contributed by atoms with Crippen LogP contribution >= 0.6 is 35.3 Å². The fraction of sp³-hybridized carbons (Fsp3) is 0.267. The van der Waals surface area contributed by atoms with Crippen molar-refractivity contribution in [3.05, 3.63) is 57.5 Å². The van der Waals surface area contributed by atoms with Gasteiger partial charge in [0, 0.05) is 18.5 Å². The molecule has 0 spiro atoms. The zero-order valence-electron chi connectivity index (χ0n) is 12.0. The molecule has 0 saturated heterocycles. The first-order valence-corrected chi connectivity index (χ1v) is 7.29. The highest BCUT2D eigenvalue weighted by Crippen LogP contribution is 2.14. The van der Waals surface area contributed by atoms with Crippen LogP contribution in [0.3, 0.4) is 0 Å². The number of thiophene rings is 1. The van der Waals surface area contributed by atoms with E-state index >= 15 is 0 Å². The Kier molecular flexibility index (Phi) is 7.66. The molecule has 3 nitrogen and oxygen atoms in total. The van der Waals surface area contributed by atoms with Gasteiger partial charge in [0.05, 0.1) is 6.54 Å². The number of nitrogens with one attached hydrogen (secondary N) is 2. The number of aryl methyl sites for hydroxylation is 1. The van der Waals surface area contributed by atoms with Gasteiger partial charge in [-0.1, -0.05) is 12.1 Å². The predicted molar refractivity (Wildman–Crippen MR) is 97.9 cm³/mol. The van der Waals surface area contributed by atoms with Crippen molar-refractivity contribution in [2.24, 2.45) is 4.99 Å². The van der Waals surface area contributed by atoms with Crippen LogP contribution in [-0.4, -0.2) is 13.0 Å². The van der Waals surface area contributed by atoms with Crippen molar-refractivity contribution in [2.75, 3.05) is 7.05 Å². The number of guanidine groups is 1. The minimum absolute atomic E-state index is 0. The highest BCUT2D eigenvalue weighted by molar-refractivity contribution is 14.0. The first-order chi connectivity index (χ1) is 9.69. The summed E-state index contributed by atoms with van der Waals surface area (Å²) in [6.45, 7) is 3.47. The van der Waals surface area contributed by atoms with Crippen LogP contribution in [0.15, 0.2) is 40.7 Å². The summed E-state index contributed by atoms with van der Waals surface area (Å²) >= 11 is 1.73. The quantitative estimate of drug-likeness (QED) is 0.451. The Labute approximate surface area is 145 Å². The number of aliphatic imine (C=N–C) groups is 1. The summed E-state index contributed by atoms with van der Waals surface area (Å²) in [5, 5.41) is 8.56. The Hall–Kier alpha value is -1.15. The molecule has 0 aliphatic heterocycles. The second-order valence-electron chi connectivity index (χ2n) is 4.43. The van der Waals surface area contributed by atoms with E-state index < -0.39 is 0 Å². The summed E-state index contributed by atoms with van der Waals surface area (Å²) < 4.78 is 12.8. The van der Waals surface area contributed by atoms with Gasteiger partial charge in [0.25, 0.3) is 0 Å². The normalized spacial score (nSPS) is 10.9. The largest absolute Gasteiger partial charge is 0.352 e. The van der Waals surface area contributed by atoms with Crippen molar-refractivity contribution in [1.29, 1.82) is 0 Å². The van der Waals surface area contributed by atoms with Crippen LogP contribution in [0, 0.1) is 12.7 Å². The Balaban J connectivity index is 0.00000220. The summed E-state index contributed by atoms with van der Waals surface area (Å²) in [5.41, 5.74) is 2.30. The maximum atomic E-state index is 12.8. The number of nitrogens with zero attached hydrogens (tertiary/aromatic N) is 1. The Morgan fingerprint density at radius 2 is 1.81 bits per heavy atom. The van der Waals surface area contributed by atoms with Gasteiger partial charge in [0.1, 0.15) is 5.82 Å². The summed E-state index contributed by atoms with van der Waals surface area (Å²) in [4.78, 5) is 5.48. The molecule has 2 N–H and O–H groups in total. The summed E-state index contributed by atoms with van der Waals surface area (Å²) in [6, 6.07) is 8.55. The van der Waals surface area contributed by atoms with Gasteiger partial charge in [-0.3, -0.25) is 4.99 Å². The van der Waals surface area contributed by atoms with E-state index in [1.165, 1.54) is 22.6 Å². The maximum absolute atomic E-state index is 12.8. The lowest BCUT2D eigenvalue weighted by Crippen LogP contribution is -2.36. The number of benzene rings is 1. The number of halogens is 2. The number of hydrogen-bond donors (Lipinski definition) is 2. The molecule has 0 saturated carbocycles. The van der Waals surface area contributed by atoms with Crippen LogP contribution in [0.2, 0.25) is 0 Å². The van der Waals surface area contributed by atoms with E-state index in [1.54, 1.807) is 30.5 Å². The molecule has 2 aromatic rings. The fourth-order valence-electron chi connectivity index (χ4n) is 1.76. The van der Waals surface area contributed by atoms with Crippen LogP contribution < -0.4 is 10.6 Å². The van der Waals surface area contributed by atoms with E-state index in [1.807, 2.05) is 0 Å². The Morgan fingerprint density at radius 3 is 2.38 bits per heavy atom. The van der Waals surface area contributed by atoms with Crippen LogP contribution in [0.1, 0.15) is 16.0 Å². The molecule has 1 heterocycles. The molecule has 2 rings (SSSR count). The van der Waals surface area contributed by atoms with Crippen LogP contribution in [0.4, 0.5) is 4.39 Å². The van der Waals surface area contributed by atoms with Crippen LogP contribution in [-0.2, 0) is 13.1 Å². The third-order valence-corrected chi connectivity index (χ3v) is 4.00. The van der Waals surface area contributed by atoms with Crippen molar-refractivity contribution in [1.82, 2.24) is 10.6 Å². The first kappa shape index (κ1) is 17.9. The summed E-state index contributed by atoms with van der Waals surface area (Å²) in [7, 11) is 1.74. The molecule has 0 unspecified atom stereocenters. The molecule has 114 valence electrons. The molecule has 0 bridgehead atoms. The zero-order valence-corrected chi connectivity index (χ0v) is 15.2. The van der Waals surface area contributed by atoms with Gasteiger partial charge in [-0.15, -0.1) is 35.3 Å². The van der Waals surface area contributed by atoms with Gasteiger partial charge in [0.15, 0.2) is 5.96 Å². The molecule has 0 amide bonds. The van der Waals surface area contributed by atoms with Crippen molar-refractivity contribution in [2.45, 2.75) is 20.0 Å². The second-order valence-corrected chi connectivity index (χ2v) is 5.43. The van der Waals surface area contributed by atoms with Crippen molar-refractivity contribution < 1.29 is 4.39 Å². The van der Waals surface area contributed by atoms with Crippen LogP contribution in [0.5, 0.6) is 0 Å². The molecular weight excluding hydrogens is 400 g/mol. The molecule has 0 atom stereocenters. The van der Waals surface area contributed by atoms with Crippen LogP contribution in [0.25, 0.3) is 0 Å². The second kappa shape index (κ2) is 8.99. The van der Waals surface area contributed by atoms with E-state index in [9.17, 15) is 4.39 Å². The first-order valence-electron chi connectivity index (χ1n) is 6.41. The minimum Gasteiger partial charge on any atom is -0.352 e. The van der Waals surface area contributed by atoms with Crippen molar-refractivity contribution in [3.8, 4) is 0 Å². The average molecular weight is 419 g/mol. The lowest BCUT2D eigenvalue weighted by molar-refractivity contribution is 0.626. The standard InChI is InChI=1S/C15H18FN3S.HI/c1-11-7-8-20-14(11)10-19-15(17-2)18-9-12-3-5-13(16)6-4-12;/h3-8H,9-10H2,1-2H3,(H2,17,18,19);1H. The molecule has 6 heteroatoms. The zero-order chi connectivity index (χ0) is 14.4. The van der Waals surface area contributed by atoms with Crippen molar-refractivity contribution >= 4 is 41.3 Å². The SMILES string of the molecule is CN=C(NCc1ccc(F)cc1)NCc1sccc1C.I. The lowest BCUT2D eigenvalue weighted by Gasteiger charge is -2.11. The van der Waals surface area contributed by atoms with Gasteiger partial charge in [0.2, 0.25) is 0 Å². The summed E-state index contributed by atoms with van der Waals surface area (Å²) in [5.74, 6) is 0.520. The maximum Gasteiger partial charge on any atom is 0.191 e. The highest BCUT2D eigenvalue weighted by atomic mass is 127. The van der Waals surface area contributed by atoms with E-state index in [-0.39, 0.29) is 29.8 Å². The van der Waals surface area contributed by atoms with Gasteiger partial charge in [-0.05, 0) is 41.6 Å². The molecule has 21 heavy (non-hydrogen) atoms. The van der Waals surface area contributed by atoms with E-state index in [0.717, 1.165) is 18.1 Å². The highest BCUT2D eigenvalue weighted by Gasteiger charge is 2.02. The molecule has 0 aliphatic carbocycles.